The van der Waals surface area contributed by atoms with Crippen molar-refractivity contribution in [3.63, 3.8) is 0 Å². The van der Waals surface area contributed by atoms with Crippen LogP contribution < -0.4 is 16.0 Å². The number of carbonyl (C=O) groups excluding carboxylic acids is 1. The Labute approximate surface area is 143 Å². The summed E-state index contributed by atoms with van der Waals surface area (Å²) in [6.07, 6.45) is 0.790. The van der Waals surface area contributed by atoms with Crippen molar-refractivity contribution in [1.29, 1.82) is 0 Å². The van der Waals surface area contributed by atoms with E-state index >= 15 is 0 Å². The van der Waals surface area contributed by atoms with Crippen LogP contribution in [0.15, 0.2) is 29.3 Å². The van der Waals surface area contributed by atoms with Crippen molar-refractivity contribution in [3.8, 4) is 0 Å². The zero-order valence-corrected chi connectivity index (χ0v) is 15.1. The molecule has 1 rings (SSSR count). The fourth-order valence-electron chi connectivity index (χ4n) is 1.97. The Hall–Kier alpha value is -1.75. The van der Waals surface area contributed by atoms with Crippen LogP contribution in [-0.4, -0.2) is 37.0 Å². The van der Waals surface area contributed by atoms with Crippen molar-refractivity contribution in [2.75, 3.05) is 19.6 Å². The van der Waals surface area contributed by atoms with Crippen molar-refractivity contribution in [2.24, 2.45) is 4.99 Å². The number of nitrogens with zero attached hydrogens (tertiary/aromatic N) is 1. The van der Waals surface area contributed by atoms with E-state index < -0.39 is 0 Å². The first-order chi connectivity index (χ1) is 10.8. The number of carbonyl (C=O) groups is 1. The largest absolute Gasteiger partial charge is 0.357 e. The predicted octanol–water partition coefficient (Wildman–Crippen LogP) is 2.35. The van der Waals surface area contributed by atoms with Crippen LogP contribution in [0.4, 0.5) is 0 Å². The van der Waals surface area contributed by atoms with E-state index in [2.05, 4.69) is 20.9 Å². The lowest BCUT2D eigenvalue weighted by Gasteiger charge is -2.20. The Bertz CT molecular complexity index is 538. The summed E-state index contributed by atoms with van der Waals surface area (Å²) in [4.78, 5) is 16.1. The van der Waals surface area contributed by atoms with Crippen molar-refractivity contribution >= 4 is 23.5 Å². The molecule has 23 heavy (non-hydrogen) atoms. The molecule has 0 unspecified atom stereocenters. The summed E-state index contributed by atoms with van der Waals surface area (Å²) in [5.74, 6) is 0.532. The van der Waals surface area contributed by atoms with Crippen molar-refractivity contribution in [1.82, 2.24) is 16.0 Å². The Morgan fingerprint density at radius 1 is 1.22 bits per heavy atom. The number of amides is 1. The molecular formula is C17H27ClN4O. The van der Waals surface area contributed by atoms with Crippen LogP contribution in [0.1, 0.15) is 33.3 Å². The Morgan fingerprint density at radius 2 is 1.91 bits per heavy atom. The number of nitrogens with one attached hydrogen (secondary N) is 3. The third-order valence-electron chi connectivity index (χ3n) is 2.88. The summed E-state index contributed by atoms with van der Waals surface area (Å²) < 4.78 is 0. The molecule has 0 radical (unpaired) electrons. The topological polar surface area (TPSA) is 65.5 Å². The Balaban J connectivity index is 2.49. The lowest BCUT2D eigenvalue weighted by atomic mass is 10.1. The molecule has 0 atom stereocenters. The van der Waals surface area contributed by atoms with E-state index in [1.165, 1.54) is 0 Å². The van der Waals surface area contributed by atoms with Crippen molar-refractivity contribution < 1.29 is 4.79 Å². The minimum absolute atomic E-state index is 0.0959. The van der Waals surface area contributed by atoms with Gasteiger partial charge in [0.25, 0.3) is 0 Å². The number of halogens is 1. The van der Waals surface area contributed by atoms with Gasteiger partial charge in [-0.25, -0.2) is 4.99 Å². The molecular weight excluding hydrogens is 312 g/mol. The standard InChI is InChI=1S/C17H27ClN4O/c1-5-19-16(21-12-15(23)22-17(2,3)4)20-11-10-13-8-6-7-9-14(13)18/h6-9H,5,10-12H2,1-4H3,(H,22,23)(H2,19,20,21). The van der Waals surface area contributed by atoms with E-state index in [0.29, 0.717) is 12.5 Å². The number of rotatable bonds is 6. The van der Waals surface area contributed by atoms with Gasteiger partial charge in [-0.15, -0.1) is 0 Å². The maximum atomic E-state index is 11.8. The summed E-state index contributed by atoms with van der Waals surface area (Å²) in [6, 6.07) is 7.77. The summed E-state index contributed by atoms with van der Waals surface area (Å²) in [5.41, 5.74) is 0.839. The van der Waals surface area contributed by atoms with E-state index in [0.717, 1.165) is 23.6 Å². The normalized spacial score (nSPS) is 12.0. The monoisotopic (exact) mass is 338 g/mol. The summed E-state index contributed by atoms with van der Waals surface area (Å²) >= 11 is 6.14. The number of hydrogen-bond donors (Lipinski definition) is 3. The molecule has 6 heteroatoms. The SMILES string of the molecule is CCNC(=NCC(=O)NC(C)(C)C)NCCc1ccccc1Cl. The first-order valence-electron chi connectivity index (χ1n) is 7.88. The molecule has 0 aliphatic carbocycles. The number of aliphatic imine (C=N–C) groups is 1. The number of hydrogen-bond acceptors (Lipinski definition) is 2. The van der Waals surface area contributed by atoms with Gasteiger partial charge in [0.1, 0.15) is 6.54 Å². The smallest absolute Gasteiger partial charge is 0.242 e. The van der Waals surface area contributed by atoms with Gasteiger partial charge in [-0.2, -0.15) is 0 Å². The van der Waals surface area contributed by atoms with Gasteiger partial charge >= 0.3 is 0 Å². The highest BCUT2D eigenvalue weighted by molar-refractivity contribution is 6.31. The van der Waals surface area contributed by atoms with Crippen LogP contribution in [0.2, 0.25) is 5.02 Å². The van der Waals surface area contributed by atoms with Gasteiger partial charge in [-0.05, 0) is 45.7 Å². The molecule has 0 aliphatic rings. The first kappa shape index (κ1) is 19.3. The van der Waals surface area contributed by atoms with Crippen LogP contribution in [0.5, 0.6) is 0 Å². The zero-order chi connectivity index (χ0) is 17.3. The molecule has 0 spiro atoms. The molecule has 1 aromatic carbocycles. The minimum atomic E-state index is -0.248. The number of guanidine groups is 1. The molecule has 0 heterocycles. The van der Waals surface area contributed by atoms with Crippen LogP contribution in [0.3, 0.4) is 0 Å². The summed E-state index contributed by atoms with van der Waals surface area (Å²) in [6.45, 7) is 9.35. The fourth-order valence-corrected chi connectivity index (χ4v) is 2.20. The van der Waals surface area contributed by atoms with Gasteiger partial charge < -0.3 is 16.0 Å². The van der Waals surface area contributed by atoms with E-state index in [9.17, 15) is 4.79 Å². The molecule has 0 fully saturated rings. The van der Waals surface area contributed by atoms with Gasteiger partial charge in [-0.3, -0.25) is 4.79 Å². The Morgan fingerprint density at radius 3 is 2.52 bits per heavy atom. The minimum Gasteiger partial charge on any atom is -0.357 e. The van der Waals surface area contributed by atoms with Gasteiger partial charge in [0.15, 0.2) is 5.96 Å². The quantitative estimate of drug-likeness (QED) is 0.551. The molecule has 0 aliphatic heterocycles. The molecule has 3 N–H and O–H groups in total. The molecule has 0 aromatic heterocycles. The highest BCUT2D eigenvalue weighted by Crippen LogP contribution is 2.14. The van der Waals surface area contributed by atoms with Crippen molar-refractivity contribution in [3.05, 3.63) is 34.9 Å². The molecule has 5 nitrogen and oxygen atoms in total. The first-order valence-corrected chi connectivity index (χ1v) is 8.26. The fraction of sp³-hybridized carbons (Fsp3) is 0.529. The molecule has 128 valence electrons. The molecule has 0 saturated heterocycles. The second-order valence-corrected chi connectivity index (χ2v) is 6.67. The van der Waals surface area contributed by atoms with Crippen LogP contribution in [0.25, 0.3) is 0 Å². The van der Waals surface area contributed by atoms with E-state index in [1.54, 1.807) is 0 Å². The maximum Gasteiger partial charge on any atom is 0.242 e. The van der Waals surface area contributed by atoms with E-state index in [-0.39, 0.29) is 18.0 Å². The van der Waals surface area contributed by atoms with Crippen molar-refractivity contribution in [2.45, 2.75) is 39.7 Å². The average Bonchev–Trinajstić information content (AvgIpc) is 2.45. The van der Waals surface area contributed by atoms with Crippen LogP contribution in [-0.2, 0) is 11.2 Å². The Kier molecular flexibility index (Phi) is 7.89. The van der Waals surface area contributed by atoms with Crippen LogP contribution >= 0.6 is 11.6 Å². The van der Waals surface area contributed by atoms with Gasteiger partial charge in [0.2, 0.25) is 5.91 Å². The second kappa shape index (κ2) is 9.40. The average molecular weight is 339 g/mol. The van der Waals surface area contributed by atoms with Gasteiger partial charge in [0, 0.05) is 23.7 Å². The van der Waals surface area contributed by atoms with Crippen LogP contribution in [0, 0.1) is 0 Å². The predicted molar refractivity (Wildman–Crippen MR) is 97.0 cm³/mol. The zero-order valence-electron chi connectivity index (χ0n) is 14.4. The second-order valence-electron chi connectivity index (χ2n) is 6.26. The van der Waals surface area contributed by atoms with E-state index in [4.69, 9.17) is 11.6 Å². The summed E-state index contributed by atoms with van der Waals surface area (Å²) in [7, 11) is 0. The third-order valence-corrected chi connectivity index (χ3v) is 3.25. The molecule has 1 amide bonds. The lowest BCUT2D eigenvalue weighted by molar-refractivity contribution is -0.121. The van der Waals surface area contributed by atoms with Gasteiger partial charge in [0.05, 0.1) is 0 Å². The maximum absolute atomic E-state index is 11.8. The van der Waals surface area contributed by atoms with Gasteiger partial charge in [-0.1, -0.05) is 29.8 Å². The molecule has 0 saturated carbocycles. The highest BCUT2D eigenvalue weighted by atomic mass is 35.5. The summed E-state index contributed by atoms with van der Waals surface area (Å²) in [5, 5.41) is 9.99. The molecule has 1 aromatic rings. The lowest BCUT2D eigenvalue weighted by Crippen LogP contribution is -2.43. The molecule has 0 bridgehead atoms. The third kappa shape index (κ3) is 8.45. The number of benzene rings is 1. The van der Waals surface area contributed by atoms with E-state index in [1.807, 2.05) is 52.0 Å². The highest BCUT2D eigenvalue weighted by Gasteiger charge is 2.13.